The third kappa shape index (κ3) is 4.02. The van der Waals surface area contributed by atoms with Crippen molar-refractivity contribution >= 4 is 5.69 Å². The largest absolute Gasteiger partial charge is 0.392 e. The molecule has 1 aromatic carbocycles. The molecule has 0 aromatic heterocycles. The molecule has 0 spiro atoms. The van der Waals surface area contributed by atoms with Gasteiger partial charge in [0, 0.05) is 23.7 Å². The minimum absolute atomic E-state index is 0.0120. The van der Waals surface area contributed by atoms with Crippen LogP contribution in [0.5, 0.6) is 0 Å². The van der Waals surface area contributed by atoms with Crippen LogP contribution in [0.15, 0.2) is 18.2 Å². The summed E-state index contributed by atoms with van der Waals surface area (Å²) in [5, 5.41) is 24.6. The average molecular weight is 292 g/mol. The van der Waals surface area contributed by atoms with Crippen molar-refractivity contribution in [2.24, 2.45) is 0 Å². The van der Waals surface area contributed by atoms with Crippen molar-refractivity contribution in [2.75, 3.05) is 0 Å². The van der Waals surface area contributed by atoms with Gasteiger partial charge in [0.1, 0.15) is 0 Å². The first kappa shape index (κ1) is 15.9. The summed E-state index contributed by atoms with van der Waals surface area (Å²) < 4.78 is 0. The molecular formula is C16H24N2O3. The molecule has 0 bridgehead atoms. The lowest BCUT2D eigenvalue weighted by Crippen LogP contribution is -2.40. The Labute approximate surface area is 125 Å². The van der Waals surface area contributed by atoms with Gasteiger partial charge in [-0.15, -0.1) is 0 Å². The van der Waals surface area contributed by atoms with E-state index in [4.69, 9.17) is 0 Å². The van der Waals surface area contributed by atoms with Crippen LogP contribution in [-0.4, -0.2) is 22.2 Å². The summed E-state index contributed by atoms with van der Waals surface area (Å²) in [5.41, 5.74) is 1.72. The fourth-order valence-electron chi connectivity index (χ4n) is 2.99. The number of aliphatic hydroxyl groups excluding tert-OH is 1. The number of nitro groups is 1. The van der Waals surface area contributed by atoms with Crippen molar-refractivity contribution in [3.8, 4) is 0 Å². The van der Waals surface area contributed by atoms with Crippen LogP contribution >= 0.6 is 0 Å². The Bertz CT molecular complexity index is 504. The summed E-state index contributed by atoms with van der Waals surface area (Å²) in [6.07, 6.45) is 4.83. The molecule has 1 saturated carbocycles. The van der Waals surface area contributed by atoms with E-state index in [1.165, 1.54) is 6.42 Å². The van der Waals surface area contributed by atoms with Crippen molar-refractivity contribution in [1.82, 2.24) is 5.32 Å². The number of nitrogens with zero attached hydrogens (tertiary/aromatic N) is 1. The van der Waals surface area contributed by atoms with Crippen molar-refractivity contribution in [3.05, 3.63) is 39.4 Å². The molecule has 2 rings (SSSR count). The summed E-state index contributed by atoms with van der Waals surface area (Å²) in [5.74, 6) is 0. The average Bonchev–Trinajstić information content (AvgIpc) is 2.64. The first-order chi connectivity index (χ1) is 9.99. The molecule has 5 nitrogen and oxygen atoms in total. The van der Waals surface area contributed by atoms with Crippen LogP contribution in [0.1, 0.15) is 56.2 Å². The molecule has 2 N–H and O–H groups in total. The Morgan fingerprint density at radius 2 is 2.05 bits per heavy atom. The lowest BCUT2D eigenvalue weighted by Gasteiger charge is -2.26. The van der Waals surface area contributed by atoms with E-state index in [0.29, 0.717) is 5.56 Å². The van der Waals surface area contributed by atoms with Crippen LogP contribution in [-0.2, 0) is 0 Å². The number of hydrogen-bond acceptors (Lipinski definition) is 4. The summed E-state index contributed by atoms with van der Waals surface area (Å²) in [6, 6.07) is 5.40. The number of aryl methyl sites for hydroxylation is 1. The summed E-state index contributed by atoms with van der Waals surface area (Å²) in [4.78, 5) is 10.7. The van der Waals surface area contributed by atoms with E-state index in [1.54, 1.807) is 19.1 Å². The maximum Gasteiger partial charge on any atom is 0.272 e. The van der Waals surface area contributed by atoms with Gasteiger partial charge in [0.25, 0.3) is 5.69 Å². The number of aliphatic hydroxyl groups is 1. The molecule has 1 aliphatic carbocycles. The minimum atomic E-state index is -0.341. The highest BCUT2D eigenvalue weighted by molar-refractivity contribution is 5.43. The van der Waals surface area contributed by atoms with Gasteiger partial charge in [-0.25, -0.2) is 0 Å². The second-order valence-electron chi connectivity index (χ2n) is 6.00. The second-order valence-corrected chi connectivity index (χ2v) is 6.00. The molecule has 0 saturated heterocycles. The number of nitro benzene ring substituents is 1. The first-order valence-electron chi connectivity index (χ1n) is 7.68. The van der Waals surface area contributed by atoms with Crippen LogP contribution in [0.4, 0.5) is 5.69 Å². The molecule has 1 aliphatic rings. The fraction of sp³-hybridized carbons (Fsp3) is 0.625. The zero-order chi connectivity index (χ0) is 15.4. The van der Waals surface area contributed by atoms with Gasteiger partial charge < -0.3 is 10.4 Å². The maximum atomic E-state index is 11.0. The van der Waals surface area contributed by atoms with Gasteiger partial charge in [-0.05, 0) is 32.3 Å². The maximum absolute atomic E-state index is 11.0. The molecule has 0 radical (unpaired) electrons. The predicted octanol–water partition coefficient (Wildman–Crippen LogP) is 3.25. The summed E-state index contributed by atoms with van der Waals surface area (Å²) in [7, 11) is 0. The Morgan fingerprint density at radius 3 is 2.76 bits per heavy atom. The SMILES string of the molecule is Cc1ccc(C(C)NC2CCCCCC2O)cc1[N+](=O)[O-]. The molecule has 21 heavy (non-hydrogen) atoms. The highest BCUT2D eigenvalue weighted by Gasteiger charge is 2.24. The van der Waals surface area contributed by atoms with E-state index in [0.717, 1.165) is 31.2 Å². The first-order valence-corrected chi connectivity index (χ1v) is 7.68. The predicted molar refractivity (Wildman–Crippen MR) is 82.3 cm³/mol. The second kappa shape index (κ2) is 7.00. The van der Waals surface area contributed by atoms with Crippen LogP contribution in [0.2, 0.25) is 0 Å². The lowest BCUT2D eigenvalue weighted by atomic mass is 10.0. The zero-order valence-electron chi connectivity index (χ0n) is 12.7. The molecule has 1 aromatic rings. The van der Waals surface area contributed by atoms with Gasteiger partial charge in [-0.3, -0.25) is 10.1 Å². The quantitative estimate of drug-likeness (QED) is 0.507. The Balaban J connectivity index is 2.10. The van der Waals surface area contributed by atoms with Crippen molar-refractivity contribution in [3.63, 3.8) is 0 Å². The van der Waals surface area contributed by atoms with Gasteiger partial charge in [-0.1, -0.05) is 31.4 Å². The zero-order valence-corrected chi connectivity index (χ0v) is 12.7. The molecule has 3 atom stereocenters. The van der Waals surface area contributed by atoms with Crippen LogP contribution in [0, 0.1) is 17.0 Å². The monoisotopic (exact) mass is 292 g/mol. The molecule has 0 aliphatic heterocycles. The number of hydrogen-bond donors (Lipinski definition) is 2. The van der Waals surface area contributed by atoms with Crippen LogP contribution in [0.25, 0.3) is 0 Å². The third-order valence-electron chi connectivity index (χ3n) is 4.37. The molecule has 0 amide bonds. The van der Waals surface area contributed by atoms with Gasteiger partial charge >= 0.3 is 0 Å². The molecular weight excluding hydrogens is 268 g/mol. The Hall–Kier alpha value is -1.46. The van der Waals surface area contributed by atoms with E-state index < -0.39 is 0 Å². The van der Waals surface area contributed by atoms with E-state index in [1.807, 2.05) is 13.0 Å². The van der Waals surface area contributed by atoms with Crippen molar-refractivity contribution in [2.45, 2.75) is 64.1 Å². The highest BCUT2D eigenvalue weighted by atomic mass is 16.6. The van der Waals surface area contributed by atoms with Crippen LogP contribution in [0.3, 0.4) is 0 Å². The minimum Gasteiger partial charge on any atom is -0.392 e. The lowest BCUT2D eigenvalue weighted by molar-refractivity contribution is -0.385. The molecule has 116 valence electrons. The van der Waals surface area contributed by atoms with E-state index >= 15 is 0 Å². The standard InChI is InChI=1S/C16H24N2O3/c1-11-8-9-13(10-15(11)18(20)21)12(2)17-14-6-4-3-5-7-16(14)19/h8-10,12,14,16-17,19H,3-7H2,1-2H3. The van der Waals surface area contributed by atoms with Gasteiger partial charge in [0.2, 0.25) is 0 Å². The number of rotatable bonds is 4. The molecule has 1 fully saturated rings. The van der Waals surface area contributed by atoms with Gasteiger partial charge in [-0.2, -0.15) is 0 Å². The van der Waals surface area contributed by atoms with E-state index in [2.05, 4.69) is 5.32 Å². The molecule has 3 unspecified atom stereocenters. The van der Waals surface area contributed by atoms with Gasteiger partial charge in [0.05, 0.1) is 11.0 Å². The third-order valence-corrected chi connectivity index (χ3v) is 4.37. The fourth-order valence-corrected chi connectivity index (χ4v) is 2.99. The van der Waals surface area contributed by atoms with E-state index in [-0.39, 0.29) is 28.8 Å². The Morgan fingerprint density at radius 1 is 1.33 bits per heavy atom. The van der Waals surface area contributed by atoms with E-state index in [9.17, 15) is 15.2 Å². The van der Waals surface area contributed by atoms with Gasteiger partial charge in [0.15, 0.2) is 0 Å². The smallest absolute Gasteiger partial charge is 0.272 e. The normalized spacial score (nSPS) is 24.3. The topological polar surface area (TPSA) is 75.4 Å². The van der Waals surface area contributed by atoms with Crippen molar-refractivity contribution < 1.29 is 10.0 Å². The van der Waals surface area contributed by atoms with Crippen LogP contribution < -0.4 is 5.32 Å². The Kier molecular flexibility index (Phi) is 5.31. The molecule has 5 heteroatoms. The number of benzene rings is 1. The molecule has 0 heterocycles. The summed E-state index contributed by atoms with van der Waals surface area (Å²) >= 11 is 0. The summed E-state index contributed by atoms with van der Waals surface area (Å²) in [6.45, 7) is 3.74. The highest BCUT2D eigenvalue weighted by Crippen LogP contribution is 2.25. The van der Waals surface area contributed by atoms with Crippen molar-refractivity contribution in [1.29, 1.82) is 0 Å². The number of nitrogens with one attached hydrogen (secondary N) is 1.